The van der Waals surface area contributed by atoms with Crippen molar-refractivity contribution >= 4 is 17.7 Å². The molecule has 0 radical (unpaired) electrons. The highest BCUT2D eigenvalue weighted by atomic mass is 16.6. The lowest BCUT2D eigenvalue weighted by Crippen LogP contribution is -2.30. The zero-order chi connectivity index (χ0) is 24.9. The van der Waals surface area contributed by atoms with Crippen molar-refractivity contribution < 1.29 is 34.1 Å². The monoisotopic (exact) mass is 478 g/mol. The largest absolute Gasteiger partial charge is 0.491 e. The average molecular weight is 479 g/mol. The van der Waals surface area contributed by atoms with Gasteiger partial charge in [0.25, 0.3) is 5.91 Å². The first-order chi connectivity index (χ1) is 17.1. The molecule has 35 heavy (non-hydrogen) atoms. The molecule has 0 aromatic heterocycles. The van der Waals surface area contributed by atoms with Crippen molar-refractivity contribution in [2.75, 3.05) is 18.5 Å². The molecule has 2 atom stereocenters. The van der Waals surface area contributed by atoms with Crippen LogP contribution in [0.2, 0.25) is 0 Å². The molecule has 0 unspecified atom stereocenters. The molecule has 0 aliphatic rings. The van der Waals surface area contributed by atoms with Gasteiger partial charge in [-0.3, -0.25) is 15.3 Å². The van der Waals surface area contributed by atoms with Gasteiger partial charge in [0.1, 0.15) is 18.1 Å². The van der Waals surface area contributed by atoms with Crippen LogP contribution >= 0.6 is 0 Å². The molecule has 0 bridgehead atoms. The van der Waals surface area contributed by atoms with Crippen LogP contribution in [0.25, 0.3) is 0 Å². The Bertz CT molecular complexity index is 1110. The first kappa shape index (κ1) is 25.3. The molecule has 0 heterocycles. The number of anilines is 1. The van der Waals surface area contributed by atoms with Gasteiger partial charge in [0.2, 0.25) is 0 Å². The summed E-state index contributed by atoms with van der Waals surface area (Å²) in [5.41, 5.74) is 2.49. The van der Waals surface area contributed by atoms with E-state index < -0.39 is 24.2 Å². The summed E-state index contributed by atoms with van der Waals surface area (Å²) in [4.78, 5) is 24.6. The average Bonchev–Trinajstić information content (AvgIpc) is 2.89. The number of hydroxylamine groups is 1. The zero-order valence-corrected chi connectivity index (χ0v) is 18.7. The summed E-state index contributed by atoms with van der Waals surface area (Å²) < 4.78 is 17.5. The summed E-state index contributed by atoms with van der Waals surface area (Å²) in [6.45, 7) is -0.193. The molecule has 182 valence electrons. The first-order valence-electron chi connectivity index (χ1n) is 10.8. The molecule has 2 amide bonds. The fraction of sp³-hybridized carbons (Fsp3) is 0.154. The van der Waals surface area contributed by atoms with E-state index in [0.29, 0.717) is 22.7 Å². The summed E-state index contributed by atoms with van der Waals surface area (Å²) in [5, 5.41) is 20.8. The van der Waals surface area contributed by atoms with Gasteiger partial charge in [0, 0.05) is 17.3 Å². The summed E-state index contributed by atoms with van der Waals surface area (Å²) >= 11 is 0. The zero-order valence-electron chi connectivity index (χ0n) is 18.7. The van der Waals surface area contributed by atoms with Gasteiger partial charge in [-0.1, -0.05) is 54.6 Å². The number of ether oxygens (including phenoxy) is 3. The van der Waals surface area contributed by atoms with Gasteiger partial charge in [-0.05, 0) is 36.4 Å². The van der Waals surface area contributed by atoms with Gasteiger partial charge in [0.05, 0.1) is 6.61 Å². The quantitative estimate of drug-likeness (QED) is 0.187. The normalized spacial score (nSPS) is 12.4. The molecular formula is C26H26N2O7. The molecule has 4 N–H and O–H groups in total. The molecule has 0 spiro atoms. The Morgan fingerprint density at radius 3 is 2.26 bits per heavy atom. The molecule has 9 heteroatoms. The SMILES string of the molecule is O=C(/C=C/[C@H](Oc1ccccc1)[C@@H](OC(=O)Nc1ccccc1)c1ccccc1OCCO)NO. The van der Waals surface area contributed by atoms with E-state index in [-0.39, 0.29) is 13.2 Å². The molecule has 0 aliphatic heterocycles. The third-order valence-corrected chi connectivity index (χ3v) is 4.69. The minimum atomic E-state index is -1.09. The maximum atomic E-state index is 12.9. The summed E-state index contributed by atoms with van der Waals surface area (Å²) in [6, 6.07) is 24.4. The predicted octanol–water partition coefficient (Wildman–Crippen LogP) is 3.86. The van der Waals surface area contributed by atoms with Crippen LogP contribution in [0.3, 0.4) is 0 Å². The van der Waals surface area contributed by atoms with Crippen molar-refractivity contribution in [2.45, 2.75) is 12.2 Å². The van der Waals surface area contributed by atoms with E-state index in [9.17, 15) is 14.7 Å². The number of hydrogen-bond acceptors (Lipinski definition) is 7. The van der Waals surface area contributed by atoms with Crippen LogP contribution in [0.15, 0.2) is 97.1 Å². The van der Waals surface area contributed by atoms with E-state index in [2.05, 4.69) is 5.32 Å². The Labute approximate surface area is 202 Å². The summed E-state index contributed by atoms with van der Waals surface area (Å²) in [5.74, 6) is 0.0297. The number of aliphatic hydroxyl groups is 1. The van der Waals surface area contributed by atoms with Crippen LogP contribution in [-0.4, -0.2) is 41.6 Å². The van der Waals surface area contributed by atoms with Gasteiger partial charge in [-0.15, -0.1) is 0 Å². The van der Waals surface area contributed by atoms with E-state index in [1.54, 1.807) is 72.8 Å². The first-order valence-corrected chi connectivity index (χ1v) is 10.8. The van der Waals surface area contributed by atoms with Crippen molar-refractivity contribution in [1.82, 2.24) is 5.48 Å². The third kappa shape index (κ3) is 7.88. The topological polar surface area (TPSA) is 126 Å². The Hall–Kier alpha value is -4.34. The fourth-order valence-electron chi connectivity index (χ4n) is 3.17. The van der Waals surface area contributed by atoms with Crippen molar-refractivity contribution in [3.63, 3.8) is 0 Å². The van der Waals surface area contributed by atoms with Gasteiger partial charge < -0.3 is 19.3 Å². The number of rotatable bonds is 11. The number of carbonyl (C=O) groups excluding carboxylic acids is 2. The second kappa shape index (κ2) is 13.4. The van der Waals surface area contributed by atoms with Crippen molar-refractivity contribution in [3.8, 4) is 11.5 Å². The molecule has 3 aromatic carbocycles. The molecular weight excluding hydrogens is 452 g/mol. The van der Waals surface area contributed by atoms with E-state index >= 15 is 0 Å². The molecule has 3 rings (SSSR count). The Balaban J connectivity index is 1.99. The molecule has 0 aliphatic carbocycles. The molecule has 0 saturated carbocycles. The summed E-state index contributed by atoms with van der Waals surface area (Å²) in [6.07, 6.45) is -0.426. The maximum Gasteiger partial charge on any atom is 0.412 e. The van der Waals surface area contributed by atoms with Gasteiger partial charge in [-0.2, -0.15) is 0 Å². The Morgan fingerprint density at radius 1 is 0.914 bits per heavy atom. The van der Waals surface area contributed by atoms with Crippen LogP contribution in [0, 0.1) is 0 Å². The number of amides is 2. The van der Waals surface area contributed by atoms with Crippen molar-refractivity contribution in [1.29, 1.82) is 0 Å². The van der Waals surface area contributed by atoms with E-state index in [0.717, 1.165) is 6.08 Å². The highest BCUT2D eigenvalue weighted by molar-refractivity contribution is 5.86. The molecule has 9 nitrogen and oxygen atoms in total. The highest BCUT2D eigenvalue weighted by Crippen LogP contribution is 2.33. The number of nitrogens with one attached hydrogen (secondary N) is 2. The Kier molecular flexibility index (Phi) is 9.67. The predicted molar refractivity (Wildman–Crippen MR) is 128 cm³/mol. The van der Waals surface area contributed by atoms with E-state index in [1.807, 2.05) is 12.1 Å². The van der Waals surface area contributed by atoms with Crippen molar-refractivity contribution in [2.24, 2.45) is 0 Å². The maximum absolute atomic E-state index is 12.9. The van der Waals surface area contributed by atoms with Crippen LogP contribution in [0.5, 0.6) is 11.5 Å². The second-order valence-corrected chi connectivity index (χ2v) is 7.16. The lowest BCUT2D eigenvalue weighted by Gasteiger charge is -2.27. The minimum absolute atomic E-state index is 0.0207. The second-order valence-electron chi connectivity index (χ2n) is 7.16. The standard InChI is InChI=1S/C26H26N2O7/c29-17-18-33-22-14-8-7-13-21(22)25(35-26(31)27-19-9-3-1-4-10-19)23(15-16-24(30)28-32)34-20-11-5-2-6-12-20/h1-16,23,25,29,32H,17-18H2,(H,27,31)(H,28,30)/b16-15+/t23-,25-/m0/s1. The number of aliphatic hydroxyl groups excluding tert-OH is 1. The number of hydrogen-bond donors (Lipinski definition) is 4. The molecule has 0 saturated heterocycles. The van der Waals surface area contributed by atoms with Crippen LogP contribution in [0.4, 0.5) is 10.5 Å². The summed E-state index contributed by atoms with van der Waals surface area (Å²) in [7, 11) is 0. The number of carbonyl (C=O) groups is 2. The highest BCUT2D eigenvalue weighted by Gasteiger charge is 2.30. The van der Waals surface area contributed by atoms with E-state index in [1.165, 1.54) is 11.6 Å². The molecule has 3 aromatic rings. The number of benzene rings is 3. The third-order valence-electron chi connectivity index (χ3n) is 4.69. The van der Waals surface area contributed by atoms with Crippen LogP contribution in [-0.2, 0) is 9.53 Å². The lowest BCUT2D eigenvalue weighted by molar-refractivity contribution is -0.124. The van der Waals surface area contributed by atoms with Gasteiger partial charge in [0.15, 0.2) is 12.2 Å². The van der Waals surface area contributed by atoms with Gasteiger partial charge in [-0.25, -0.2) is 10.3 Å². The fourth-order valence-corrected chi connectivity index (χ4v) is 3.17. The molecule has 0 fully saturated rings. The van der Waals surface area contributed by atoms with Crippen LogP contribution < -0.4 is 20.3 Å². The minimum Gasteiger partial charge on any atom is -0.491 e. The van der Waals surface area contributed by atoms with Crippen molar-refractivity contribution in [3.05, 3.63) is 103 Å². The van der Waals surface area contributed by atoms with Gasteiger partial charge >= 0.3 is 6.09 Å². The smallest absolute Gasteiger partial charge is 0.412 e. The van der Waals surface area contributed by atoms with E-state index in [4.69, 9.17) is 19.4 Å². The van der Waals surface area contributed by atoms with Crippen LogP contribution in [0.1, 0.15) is 11.7 Å². The lowest BCUT2D eigenvalue weighted by atomic mass is 10.0. The number of para-hydroxylation sites is 3. The Morgan fingerprint density at radius 2 is 1.57 bits per heavy atom.